The summed E-state index contributed by atoms with van der Waals surface area (Å²) in [6, 6.07) is 5.95. The van der Waals surface area contributed by atoms with Gasteiger partial charge in [-0.05, 0) is 42.4 Å². The van der Waals surface area contributed by atoms with Gasteiger partial charge in [0.25, 0.3) is 0 Å². The molecule has 0 unspecified atom stereocenters. The number of hydrogen-bond donors (Lipinski definition) is 1. The predicted molar refractivity (Wildman–Crippen MR) is 62.0 cm³/mol. The molecule has 0 saturated heterocycles. The van der Waals surface area contributed by atoms with Gasteiger partial charge in [-0.15, -0.1) is 0 Å². The van der Waals surface area contributed by atoms with Crippen LogP contribution in [0.15, 0.2) is 18.2 Å². The summed E-state index contributed by atoms with van der Waals surface area (Å²) in [6.45, 7) is 0.279. The second-order valence-corrected chi connectivity index (χ2v) is 4.52. The van der Waals surface area contributed by atoms with Gasteiger partial charge in [0.15, 0.2) is 11.5 Å². The van der Waals surface area contributed by atoms with Crippen LogP contribution in [0.3, 0.4) is 0 Å². The van der Waals surface area contributed by atoms with Crippen molar-refractivity contribution in [3.8, 4) is 11.5 Å². The summed E-state index contributed by atoms with van der Waals surface area (Å²) < 4.78 is 10.4. The maximum Gasteiger partial charge on any atom is 0.160 e. The smallest absolute Gasteiger partial charge is 0.160 e. The molecule has 1 fully saturated rings. The van der Waals surface area contributed by atoms with Crippen molar-refractivity contribution in [3.05, 3.63) is 23.8 Å². The van der Waals surface area contributed by atoms with Crippen molar-refractivity contribution in [2.45, 2.75) is 19.3 Å². The van der Waals surface area contributed by atoms with Crippen LogP contribution in [0.1, 0.15) is 18.4 Å². The van der Waals surface area contributed by atoms with E-state index in [0.29, 0.717) is 0 Å². The van der Waals surface area contributed by atoms with Gasteiger partial charge in [0.1, 0.15) is 0 Å². The van der Waals surface area contributed by atoms with Gasteiger partial charge in [0.05, 0.1) is 14.2 Å². The highest BCUT2D eigenvalue weighted by Gasteiger charge is 2.41. The van der Waals surface area contributed by atoms with Gasteiger partial charge in [0.2, 0.25) is 0 Å². The number of hydrogen-bond acceptors (Lipinski definition) is 3. The lowest BCUT2D eigenvalue weighted by atomic mass is 9.97. The van der Waals surface area contributed by atoms with Crippen LogP contribution in [0.2, 0.25) is 0 Å². The van der Waals surface area contributed by atoms with E-state index in [4.69, 9.17) is 9.47 Å². The van der Waals surface area contributed by atoms with Gasteiger partial charge in [-0.2, -0.15) is 0 Å². The maximum absolute atomic E-state index is 9.29. The number of ether oxygens (including phenoxy) is 2. The van der Waals surface area contributed by atoms with Crippen LogP contribution in [0.25, 0.3) is 0 Å². The van der Waals surface area contributed by atoms with Crippen molar-refractivity contribution in [3.63, 3.8) is 0 Å². The fraction of sp³-hybridized carbons (Fsp3) is 0.538. The fourth-order valence-corrected chi connectivity index (χ4v) is 1.99. The molecule has 0 aliphatic heterocycles. The lowest BCUT2D eigenvalue weighted by Crippen LogP contribution is -2.10. The molecular weight excluding hydrogens is 204 g/mol. The Morgan fingerprint density at radius 2 is 1.88 bits per heavy atom. The lowest BCUT2D eigenvalue weighted by molar-refractivity contribution is 0.211. The Hall–Kier alpha value is -1.22. The average Bonchev–Trinajstić information content (AvgIpc) is 3.09. The molecule has 1 aromatic rings. The zero-order valence-electron chi connectivity index (χ0n) is 9.82. The van der Waals surface area contributed by atoms with E-state index in [2.05, 4.69) is 0 Å². The molecule has 3 nitrogen and oxygen atoms in total. The topological polar surface area (TPSA) is 38.7 Å². The Labute approximate surface area is 96.0 Å². The number of benzene rings is 1. The predicted octanol–water partition coefficient (Wildman–Crippen LogP) is 2.02. The van der Waals surface area contributed by atoms with E-state index in [-0.39, 0.29) is 12.0 Å². The van der Waals surface area contributed by atoms with Crippen molar-refractivity contribution >= 4 is 0 Å². The van der Waals surface area contributed by atoms with Crippen molar-refractivity contribution in [2.75, 3.05) is 20.8 Å². The van der Waals surface area contributed by atoms with Gasteiger partial charge in [-0.3, -0.25) is 0 Å². The second-order valence-electron chi connectivity index (χ2n) is 4.52. The summed E-state index contributed by atoms with van der Waals surface area (Å²) in [6.07, 6.45) is 3.17. The van der Waals surface area contributed by atoms with Crippen molar-refractivity contribution in [1.29, 1.82) is 0 Å². The molecule has 3 heteroatoms. The summed E-state index contributed by atoms with van der Waals surface area (Å²) in [5.74, 6) is 1.51. The molecule has 0 amide bonds. The second kappa shape index (κ2) is 4.34. The molecule has 0 atom stereocenters. The highest BCUT2D eigenvalue weighted by molar-refractivity contribution is 5.43. The van der Waals surface area contributed by atoms with Gasteiger partial charge in [-0.25, -0.2) is 0 Å². The summed E-state index contributed by atoms with van der Waals surface area (Å²) in [5.41, 5.74) is 1.34. The largest absolute Gasteiger partial charge is 0.493 e. The van der Waals surface area contributed by atoms with E-state index in [9.17, 15) is 5.11 Å². The molecule has 1 aliphatic rings. The zero-order valence-corrected chi connectivity index (χ0v) is 9.82. The van der Waals surface area contributed by atoms with Crippen LogP contribution < -0.4 is 9.47 Å². The summed E-state index contributed by atoms with van der Waals surface area (Å²) in [5, 5.41) is 9.29. The maximum atomic E-state index is 9.29. The third-order valence-electron chi connectivity index (χ3n) is 3.32. The van der Waals surface area contributed by atoms with E-state index in [1.807, 2.05) is 18.2 Å². The first-order chi connectivity index (χ1) is 7.73. The minimum absolute atomic E-state index is 0.138. The third-order valence-corrected chi connectivity index (χ3v) is 3.32. The Morgan fingerprint density at radius 3 is 2.38 bits per heavy atom. The number of aliphatic hydroxyl groups is 1. The van der Waals surface area contributed by atoms with Crippen LogP contribution in [0.5, 0.6) is 11.5 Å². The summed E-state index contributed by atoms with van der Waals surface area (Å²) in [4.78, 5) is 0. The molecule has 1 saturated carbocycles. The Bertz CT molecular complexity index is 369. The molecule has 1 aliphatic carbocycles. The molecule has 0 heterocycles. The highest BCUT2D eigenvalue weighted by Crippen LogP contribution is 2.48. The molecule has 16 heavy (non-hydrogen) atoms. The monoisotopic (exact) mass is 222 g/mol. The van der Waals surface area contributed by atoms with Gasteiger partial charge in [-0.1, -0.05) is 6.07 Å². The first kappa shape index (κ1) is 11.3. The average molecular weight is 222 g/mol. The Balaban J connectivity index is 2.16. The summed E-state index contributed by atoms with van der Waals surface area (Å²) >= 11 is 0. The molecule has 1 N–H and O–H groups in total. The number of aliphatic hydroxyl groups excluding tert-OH is 1. The Morgan fingerprint density at radius 1 is 1.19 bits per heavy atom. The molecular formula is C13H18O3. The zero-order chi connectivity index (χ0) is 11.6. The third kappa shape index (κ3) is 2.14. The van der Waals surface area contributed by atoms with Crippen molar-refractivity contribution < 1.29 is 14.6 Å². The van der Waals surface area contributed by atoms with Crippen molar-refractivity contribution in [2.24, 2.45) is 5.41 Å². The van der Waals surface area contributed by atoms with Crippen LogP contribution in [0.4, 0.5) is 0 Å². The first-order valence-electron chi connectivity index (χ1n) is 5.55. The molecule has 0 radical (unpaired) electrons. The van der Waals surface area contributed by atoms with Gasteiger partial charge >= 0.3 is 0 Å². The Kier molecular flexibility index (Phi) is 3.06. The van der Waals surface area contributed by atoms with Crippen LogP contribution in [-0.2, 0) is 6.42 Å². The number of methoxy groups -OCH3 is 2. The van der Waals surface area contributed by atoms with Crippen LogP contribution in [0, 0.1) is 5.41 Å². The molecule has 0 spiro atoms. The van der Waals surface area contributed by atoms with Gasteiger partial charge < -0.3 is 14.6 Å². The normalized spacial score (nSPS) is 16.9. The SMILES string of the molecule is COc1ccc(CC2(CO)CC2)cc1OC. The molecule has 2 rings (SSSR count). The molecule has 88 valence electrons. The van der Waals surface area contributed by atoms with E-state index in [0.717, 1.165) is 30.8 Å². The molecule has 0 bridgehead atoms. The van der Waals surface area contributed by atoms with Crippen molar-refractivity contribution in [1.82, 2.24) is 0 Å². The van der Waals surface area contributed by atoms with Crippen LogP contribution in [-0.4, -0.2) is 25.9 Å². The minimum Gasteiger partial charge on any atom is -0.493 e. The molecule has 1 aromatic carbocycles. The number of rotatable bonds is 5. The highest BCUT2D eigenvalue weighted by atomic mass is 16.5. The summed E-state index contributed by atoms with van der Waals surface area (Å²) in [7, 11) is 3.27. The van der Waals surface area contributed by atoms with Crippen LogP contribution >= 0.6 is 0 Å². The van der Waals surface area contributed by atoms with E-state index in [1.54, 1.807) is 14.2 Å². The van der Waals surface area contributed by atoms with E-state index in [1.165, 1.54) is 5.56 Å². The van der Waals surface area contributed by atoms with E-state index >= 15 is 0 Å². The standard InChI is InChI=1S/C13H18O3/c1-15-11-4-3-10(7-12(11)16-2)8-13(9-14)5-6-13/h3-4,7,14H,5-6,8-9H2,1-2H3. The first-order valence-corrected chi connectivity index (χ1v) is 5.55. The van der Waals surface area contributed by atoms with Gasteiger partial charge in [0, 0.05) is 6.61 Å². The minimum atomic E-state index is 0.138. The fourth-order valence-electron chi connectivity index (χ4n) is 1.99. The lowest BCUT2D eigenvalue weighted by Gasteiger charge is -2.13. The quantitative estimate of drug-likeness (QED) is 0.828. The molecule has 0 aromatic heterocycles. The van der Waals surface area contributed by atoms with E-state index < -0.39 is 0 Å².